The highest BCUT2D eigenvalue weighted by molar-refractivity contribution is 5.55. The molecule has 4 heteroatoms. The molecule has 2 aromatic rings. The molecule has 0 aromatic carbocycles. The molecule has 2 aromatic heterocycles. The maximum absolute atomic E-state index is 5.89. The molecule has 0 atom stereocenters. The number of hydrogen-bond donors (Lipinski definition) is 1. The van der Waals surface area contributed by atoms with E-state index in [0.29, 0.717) is 6.54 Å². The Morgan fingerprint density at radius 2 is 2.28 bits per heavy atom. The zero-order valence-electron chi connectivity index (χ0n) is 10.8. The Hall–Kier alpha value is -1.55. The van der Waals surface area contributed by atoms with E-state index < -0.39 is 0 Å². The molecule has 1 aliphatic rings. The molecule has 0 bridgehead atoms. The molecule has 0 unspecified atom stereocenters. The Kier molecular flexibility index (Phi) is 2.96. The standard InChI is InChI=1S/C14H20N4/c1-17(10-11-5-4-6-11)14-12(9-15)18-8-3-2-7-13(18)16-14/h2-3,7-8,11H,4-6,9-10,15H2,1H3. The van der Waals surface area contributed by atoms with Crippen molar-refractivity contribution in [2.45, 2.75) is 25.8 Å². The lowest BCUT2D eigenvalue weighted by atomic mass is 9.85. The zero-order valence-corrected chi connectivity index (χ0v) is 10.8. The van der Waals surface area contributed by atoms with E-state index >= 15 is 0 Å². The van der Waals surface area contributed by atoms with Gasteiger partial charge >= 0.3 is 0 Å². The van der Waals surface area contributed by atoms with Gasteiger partial charge < -0.3 is 15.0 Å². The van der Waals surface area contributed by atoms with Gasteiger partial charge in [-0.1, -0.05) is 12.5 Å². The van der Waals surface area contributed by atoms with Gasteiger partial charge in [0.1, 0.15) is 5.65 Å². The first-order valence-electron chi connectivity index (χ1n) is 6.66. The number of nitrogens with two attached hydrogens (primary N) is 1. The third-order valence-corrected chi connectivity index (χ3v) is 3.92. The van der Waals surface area contributed by atoms with Gasteiger partial charge in [-0.25, -0.2) is 4.98 Å². The molecule has 3 rings (SSSR count). The van der Waals surface area contributed by atoms with Crippen molar-refractivity contribution in [3.05, 3.63) is 30.1 Å². The fourth-order valence-electron chi connectivity index (χ4n) is 2.68. The first-order valence-corrected chi connectivity index (χ1v) is 6.66. The number of anilines is 1. The van der Waals surface area contributed by atoms with Crippen LogP contribution in [0, 0.1) is 5.92 Å². The highest BCUT2D eigenvalue weighted by atomic mass is 15.2. The summed E-state index contributed by atoms with van der Waals surface area (Å²) in [4.78, 5) is 6.97. The lowest BCUT2D eigenvalue weighted by Crippen LogP contribution is -2.30. The Bertz CT molecular complexity index is 542. The van der Waals surface area contributed by atoms with E-state index in [9.17, 15) is 0 Å². The number of rotatable bonds is 4. The normalized spacial score (nSPS) is 15.9. The molecule has 2 heterocycles. The van der Waals surface area contributed by atoms with Crippen molar-refractivity contribution >= 4 is 11.5 Å². The third-order valence-electron chi connectivity index (χ3n) is 3.92. The molecule has 1 saturated carbocycles. The van der Waals surface area contributed by atoms with Gasteiger partial charge in [0.25, 0.3) is 0 Å². The number of pyridine rings is 1. The summed E-state index contributed by atoms with van der Waals surface area (Å²) in [6.07, 6.45) is 6.13. The summed E-state index contributed by atoms with van der Waals surface area (Å²) in [6, 6.07) is 6.06. The van der Waals surface area contributed by atoms with Crippen LogP contribution in [-0.4, -0.2) is 23.0 Å². The SMILES string of the molecule is CN(CC1CCC1)c1nc2ccccn2c1CN. The zero-order chi connectivity index (χ0) is 12.5. The second kappa shape index (κ2) is 4.61. The fourth-order valence-corrected chi connectivity index (χ4v) is 2.68. The maximum Gasteiger partial charge on any atom is 0.152 e. The van der Waals surface area contributed by atoms with Crippen LogP contribution in [0.25, 0.3) is 5.65 Å². The average molecular weight is 244 g/mol. The van der Waals surface area contributed by atoms with Gasteiger partial charge in [-0.2, -0.15) is 0 Å². The molecule has 1 fully saturated rings. The topological polar surface area (TPSA) is 46.6 Å². The smallest absolute Gasteiger partial charge is 0.152 e. The van der Waals surface area contributed by atoms with Crippen molar-refractivity contribution in [2.24, 2.45) is 11.7 Å². The second-order valence-electron chi connectivity index (χ2n) is 5.19. The summed E-state index contributed by atoms with van der Waals surface area (Å²) in [5, 5.41) is 0. The van der Waals surface area contributed by atoms with E-state index in [1.165, 1.54) is 19.3 Å². The molecule has 96 valence electrons. The molecule has 0 amide bonds. The molecule has 0 aliphatic heterocycles. The van der Waals surface area contributed by atoms with Crippen LogP contribution in [0.4, 0.5) is 5.82 Å². The summed E-state index contributed by atoms with van der Waals surface area (Å²) in [5.41, 5.74) is 7.97. The summed E-state index contributed by atoms with van der Waals surface area (Å²) >= 11 is 0. The molecule has 1 aliphatic carbocycles. The second-order valence-corrected chi connectivity index (χ2v) is 5.19. The fraction of sp³-hybridized carbons (Fsp3) is 0.500. The van der Waals surface area contributed by atoms with Crippen LogP contribution in [0.5, 0.6) is 0 Å². The van der Waals surface area contributed by atoms with Gasteiger partial charge in [-0.15, -0.1) is 0 Å². The van der Waals surface area contributed by atoms with Crippen LogP contribution in [0.2, 0.25) is 0 Å². The van der Waals surface area contributed by atoms with Crippen molar-refractivity contribution in [3.8, 4) is 0 Å². The van der Waals surface area contributed by atoms with Crippen molar-refractivity contribution in [1.29, 1.82) is 0 Å². The Morgan fingerprint density at radius 3 is 2.94 bits per heavy atom. The minimum atomic E-state index is 0.523. The van der Waals surface area contributed by atoms with Gasteiger partial charge in [0.05, 0.1) is 5.69 Å². The molecule has 0 saturated heterocycles. The average Bonchev–Trinajstić information content (AvgIpc) is 2.72. The number of aromatic nitrogens is 2. The predicted octanol–water partition coefficient (Wildman–Crippen LogP) is 2.03. The molecule has 0 spiro atoms. The minimum absolute atomic E-state index is 0.523. The number of imidazole rings is 1. The van der Waals surface area contributed by atoms with Crippen molar-refractivity contribution in [3.63, 3.8) is 0 Å². The number of nitrogens with zero attached hydrogens (tertiary/aromatic N) is 3. The largest absolute Gasteiger partial charge is 0.358 e. The van der Waals surface area contributed by atoms with Crippen LogP contribution in [-0.2, 0) is 6.54 Å². The van der Waals surface area contributed by atoms with Crippen LogP contribution in [0.1, 0.15) is 25.0 Å². The predicted molar refractivity (Wildman–Crippen MR) is 73.7 cm³/mol. The van der Waals surface area contributed by atoms with Gasteiger partial charge in [0, 0.05) is 26.3 Å². The van der Waals surface area contributed by atoms with Crippen LogP contribution in [0.3, 0.4) is 0 Å². The molecule has 0 radical (unpaired) electrons. The monoisotopic (exact) mass is 244 g/mol. The molecular weight excluding hydrogens is 224 g/mol. The quantitative estimate of drug-likeness (QED) is 0.895. The molecular formula is C14H20N4. The van der Waals surface area contributed by atoms with Crippen LogP contribution in [0.15, 0.2) is 24.4 Å². The number of fused-ring (bicyclic) bond motifs is 1. The van der Waals surface area contributed by atoms with Crippen molar-refractivity contribution < 1.29 is 0 Å². The van der Waals surface area contributed by atoms with E-state index in [-0.39, 0.29) is 0 Å². The molecule has 2 N–H and O–H groups in total. The summed E-state index contributed by atoms with van der Waals surface area (Å²) in [7, 11) is 2.12. The van der Waals surface area contributed by atoms with E-state index in [2.05, 4.69) is 16.3 Å². The Labute approximate surface area is 107 Å². The maximum atomic E-state index is 5.89. The lowest BCUT2D eigenvalue weighted by molar-refractivity contribution is 0.321. The molecule has 18 heavy (non-hydrogen) atoms. The van der Waals surface area contributed by atoms with Crippen molar-refractivity contribution in [1.82, 2.24) is 9.38 Å². The van der Waals surface area contributed by atoms with Gasteiger partial charge in [0.15, 0.2) is 5.82 Å². The van der Waals surface area contributed by atoms with E-state index in [1.54, 1.807) is 0 Å². The number of hydrogen-bond acceptors (Lipinski definition) is 3. The first-order chi connectivity index (χ1) is 8.79. The van der Waals surface area contributed by atoms with Crippen LogP contribution < -0.4 is 10.6 Å². The Balaban J connectivity index is 1.94. The first kappa shape index (κ1) is 11.5. The van der Waals surface area contributed by atoms with Crippen molar-refractivity contribution in [2.75, 3.05) is 18.5 Å². The van der Waals surface area contributed by atoms with E-state index in [4.69, 9.17) is 10.7 Å². The van der Waals surface area contributed by atoms with E-state index in [1.807, 2.05) is 24.4 Å². The summed E-state index contributed by atoms with van der Waals surface area (Å²) in [6.45, 7) is 1.62. The highest BCUT2D eigenvalue weighted by Gasteiger charge is 2.22. The van der Waals surface area contributed by atoms with Gasteiger partial charge in [0.2, 0.25) is 0 Å². The van der Waals surface area contributed by atoms with Gasteiger partial charge in [-0.3, -0.25) is 0 Å². The summed E-state index contributed by atoms with van der Waals surface area (Å²) < 4.78 is 2.09. The Morgan fingerprint density at radius 1 is 1.44 bits per heavy atom. The van der Waals surface area contributed by atoms with E-state index in [0.717, 1.165) is 29.6 Å². The lowest BCUT2D eigenvalue weighted by Gasteiger charge is -2.30. The third kappa shape index (κ3) is 1.86. The minimum Gasteiger partial charge on any atom is -0.358 e. The highest BCUT2D eigenvalue weighted by Crippen LogP contribution is 2.29. The van der Waals surface area contributed by atoms with Crippen LogP contribution >= 0.6 is 0 Å². The summed E-state index contributed by atoms with van der Waals surface area (Å²) in [5.74, 6) is 1.88. The molecule has 4 nitrogen and oxygen atoms in total. The van der Waals surface area contributed by atoms with Gasteiger partial charge in [-0.05, 0) is 30.9 Å².